The van der Waals surface area contributed by atoms with Crippen LogP contribution in [-0.2, 0) is 16.4 Å². The molecular formula is C27H23FN6O4S. The van der Waals surface area contributed by atoms with Crippen molar-refractivity contribution in [3.8, 4) is 28.3 Å². The third kappa shape index (κ3) is 5.14. The van der Waals surface area contributed by atoms with Crippen LogP contribution in [0.4, 0.5) is 10.2 Å². The molecule has 198 valence electrons. The van der Waals surface area contributed by atoms with Crippen molar-refractivity contribution in [2.45, 2.75) is 11.4 Å². The second-order valence-electron chi connectivity index (χ2n) is 8.75. The van der Waals surface area contributed by atoms with Crippen molar-refractivity contribution in [3.05, 3.63) is 83.9 Å². The molecule has 12 heteroatoms. The van der Waals surface area contributed by atoms with Gasteiger partial charge in [0, 0.05) is 36.3 Å². The van der Waals surface area contributed by atoms with Crippen molar-refractivity contribution >= 4 is 32.5 Å². The van der Waals surface area contributed by atoms with E-state index >= 15 is 0 Å². The average molecular weight is 547 g/mol. The number of nitrogens with zero attached hydrogens (tertiary/aromatic N) is 3. The van der Waals surface area contributed by atoms with E-state index in [1.807, 2.05) is 24.3 Å². The Hall–Kier alpha value is -4.84. The van der Waals surface area contributed by atoms with Crippen LogP contribution in [0.1, 0.15) is 15.9 Å². The predicted molar refractivity (Wildman–Crippen MR) is 144 cm³/mol. The molecule has 0 saturated carbocycles. The molecule has 0 saturated heterocycles. The number of methoxy groups -OCH3 is 1. The number of benzene rings is 2. The number of nitrogens with two attached hydrogens (primary N) is 1. The number of amides is 1. The first-order valence-electron chi connectivity index (χ1n) is 11.7. The zero-order chi connectivity index (χ0) is 27.7. The maximum absolute atomic E-state index is 13.6. The highest BCUT2D eigenvalue weighted by Crippen LogP contribution is 2.35. The summed E-state index contributed by atoms with van der Waals surface area (Å²) in [6.07, 6.45) is 4.04. The topological polar surface area (TPSA) is 153 Å². The molecule has 1 amide bonds. The maximum Gasteiger partial charge on any atom is 0.255 e. The molecule has 10 nitrogen and oxygen atoms in total. The molecule has 0 aliphatic carbocycles. The Morgan fingerprint density at radius 3 is 2.51 bits per heavy atom. The van der Waals surface area contributed by atoms with Gasteiger partial charge in [0.1, 0.15) is 11.6 Å². The lowest BCUT2D eigenvalue weighted by Gasteiger charge is -2.11. The maximum atomic E-state index is 13.6. The molecule has 3 aromatic heterocycles. The van der Waals surface area contributed by atoms with E-state index in [0.29, 0.717) is 27.9 Å². The number of ether oxygens (including phenoxy) is 1. The first-order chi connectivity index (χ1) is 18.7. The van der Waals surface area contributed by atoms with Crippen LogP contribution in [0.2, 0.25) is 0 Å². The predicted octanol–water partition coefficient (Wildman–Crippen LogP) is 3.75. The minimum absolute atomic E-state index is 0.108. The second-order valence-corrected chi connectivity index (χ2v) is 10.8. The van der Waals surface area contributed by atoms with Crippen molar-refractivity contribution in [2.24, 2.45) is 0 Å². The van der Waals surface area contributed by atoms with Gasteiger partial charge in [-0.1, -0.05) is 24.3 Å². The van der Waals surface area contributed by atoms with Crippen LogP contribution in [0.5, 0.6) is 5.75 Å². The monoisotopic (exact) mass is 546 g/mol. The van der Waals surface area contributed by atoms with Gasteiger partial charge in [0.25, 0.3) is 5.91 Å². The number of pyridine rings is 2. The number of carbonyl (C=O) groups excluding carboxylic acids is 1. The minimum Gasteiger partial charge on any atom is -0.496 e. The molecule has 0 unspecified atom stereocenters. The standard InChI is InChI=1S/C27H23FN6O4S/c1-38-22-10-7-17(28)11-19(22)27(35)32-12-15-3-5-16(6-4-15)24-23-25(33-34-26(23)29)20(14-31-24)21-9-8-18(13-30-21)39(2,36)37/h3-11,13-14H,12H2,1-2H3,(H,32,35)(H3,29,33,34). The first kappa shape index (κ1) is 25.8. The Balaban J connectivity index is 1.39. The van der Waals surface area contributed by atoms with Crippen LogP contribution < -0.4 is 15.8 Å². The summed E-state index contributed by atoms with van der Waals surface area (Å²) < 4.78 is 42.3. The molecule has 0 aliphatic heterocycles. The SMILES string of the molecule is COc1ccc(F)cc1C(=O)NCc1ccc(-c2ncc(-c3ccc(S(C)(=O)=O)cn3)c3[nH]nc(N)c23)cc1. The van der Waals surface area contributed by atoms with Crippen molar-refractivity contribution in [1.82, 2.24) is 25.5 Å². The quantitative estimate of drug-likeness (QED) is 0.279. The van der Waals surface area contributed by atoms with Gasteiger partial charge in [-0.2, -0.15) is 5.10 Å². The smallest absolute Gasteiger partial charge is 0.255 e. The Kier molecular flexibility index (Phi) is 6.71. The molecular weight excluding hydrogens is 523 g/mol. The number of hydrogen-bond acceptors (Lipinski definition) is 8. The molecule has 3 heterocycles. The van der Waals surface area contributed by atoms with Crippen LogP contribution in [0.25, 0.3) is 33.4 Å². The molecule has 5 rings (SSSR count). The lowest BCUT2D eigenvalue weighted by atomic mass is 10.0. The Labute approximate surface area is 223 Å². The zero-order valence-corrected chi connectivity index (χ0v) is 21.7. The summed E-state index contributed by atoms with van der Waals surface area (Å²) >= 11 is 0. The van der Waals surface area contributed by atoms with Crippen LogP contribution >= 0.6 is 0 Å². The molecule has 0 radical (unpaired) electrons. The van der Waals surface area contributed by atoms with E-state index in [0.717, 1.165) is 23.4 Å². The van der Waals surface area contributed by atoms with E-state index in [2.05, 4.69) is 25.5 Å². The van der Waals surface area contributed by atoms with Gasteiger partial charge in [0.2, 0.25) is 0 Å². The number of aromatic amines is 1. The molecule has 0 aliphatic rings. The number of rotatable bonds is 7. The van der Waals surface area contributed by atoms with Crippen molar-refractivity contribution in [3.63, 3.8) is 0 Å². The number of nitrogens with one attached hydrogen (secondary N) is 2. The average Bonchev–Trinajstić information content (AvgIpc) is 3.32. The number of hydrogen-bond donors (Lipinski definition) is 3. The highest BCUT2D eigenvalue weighted by atomic mass is 32.2. The van der Waals surface area contributed by atoms with Gasteiger partial charge in [0.05, 0.1) is 39.9 Å². The van der Waals surface area contributed by atoms with Crippen LogP contribution in [0, 0.1) is 5.82 Å². The fourth-order valence-electron chi connectivity index (χ4n) is 4.14. The summed E-state index contributed by atoms with van der Waals surface area (Å²) in [5, 5.41) is 10.4. The van der Waals surface area contributed by atoms with Gasteiger partial charge in [-0.3, -0.25) is 19.9 Å². The van der Waals surface area contributed by atoms with E-state index in [-0.39, 0.29) is 28.6 Å². The first-order valence-corrected chi connectivity index (χ1v) is 13.5. The Bertz CT molecular complexity index is 1800. The number of H-pyrrole nitrogens is 1. The number of sulfone groups is 1. The highest BCUT2D eigenvalue weighted by Gasteiger charge is 2.18. The highest BCUT2D eigenvalue weighted by molar-refractivity contribution is 7.90. The van der Waals surface area contributed by atoms with Crippen LogP contribution in [0.15, 0.2) is 71.9 Å². The van der Waals surface area contributed by atoms with Gasteiger partial charge in [-0.25, -0.2) is 12.8 Å². The lowest BCUT2D eigenvalue weighted by Crippen LogP contribution is -2.23. The van der Waals surface area contributed by atoms with Gasteiger partial charge in [-0.15, -0.1) is 0 Å². The molecule has 0 fully saturated rings. The molecule has 2 aromatic carbocycles. The molecule has 5 aromatic rings. The molecule has 0 spiro atoms. The van der Waals surface area contributed by atoms with E-state index in [1.54, 1.807) is 12.3 Å². The molecule has 0 bridgehead atoms. The summed E-state index contributed by atoms with van der Waals surface area (Å²) in [5.74, 6) is -0.460. The Morgan fingerprint density at radius 1 is 1.08 bits per heavy atom. The zero-order valence-electron chi connectivity index (χ0n) is 20.9. The summed E-state index contributed by atoms with van der Waals surface area (Å²) in [5.41, 5.74) is 10.2. The van der Waals surface area contributed by atoms with Gasteiger partial charge >= 0.3 is 0 Å². The van der Waals surface area contributed by atoms with Gasteiger partial charge < -0.3 is 15.8 Å². The largest absolute Gasteiger partial charge is 0.496 e. The molecule has 39 heavy (non-hydrogen) atoms. The van der Waals surface area contributed by atoms with Crippen LogP contribution in [-0.4, -0.2) is 47.9 Å². The number of fused-ring (bicyclic) bond motifs is 1. The normalized spacial score (nSPS) is 11.5. The van der Waals surface area contributed by atoms with E-state index in [4.69, 9.17) is 10.5 Å². The van der Waals surface area contributed by atoms with Crippen molar-refractivity contribution in [2.75, 3.05) is 19.1 Å². The fraction of sp³-hybridized carbons (Fsp3) is 0.111. The third-order valence-electron chi connectivity index (χ3n) is 6.15. The molecule has 0 atom stereocenters. The molecule has 4 N–H and O–H groups in total. The summed E-state index contributed by atoms with van der Waals surface area (Å²) in [6.45, 7) is 0.212. The number of anilines is 1. The number of aromatic nitrogens is 4. The third-order valence-corrected chi connectivity index (χ3v) is 7.25. The number of carbonyl (C=O) groups is 1. The lowest BCUT2D eigenvalue weighted by molar-refractivity contribution is 0.0947. The van der Waals surface area contributed by atoms with Crippen molar-refractivity contribution < 1.29 is 22.3 Å². The number of halogens is 1. The van der Waals surface area contributed by atoms with E-state index in [9.17, 15) is 17.6 Å². The van der Waals surface area contributed by atoms with Crippen LogP contribution in [0.3, 0.4) is 0 Å². The summed E-state index contributed by atoms with van der Waals surface area (Å²) in [6, 6.07) is 14.2. The summed E-state index contributed by atoms with van der Waals surface area (Å²) in [7, 11) is -1.96. The number of nitrogen functional groups attached to an aromatic ring is 1. The Morgan fingerprint density at radius 2 is 1.85 bits per heavy atom. The van der Waals surface area contributed by atoms with Gasteiger partial charge in [0.15, 0.2) is 15.7 Å². The fourth-order valence-corrected chi connectivity index (χ4v) is 4.70. The van der Waals surface area contributed by atoms with E-state index in [1.165, 1.54) is 31.5 Å². The van der Waals surface area contributed by atoms with Crippen molar-refractivity contribution in [1.29, 1.82) is 0 Å². The second kappa shape index (κ2) is 10.1. The van der Waals surface area contributed by atoms with Gasteiger partial charge in [-0.05, 0) is 35.9 Å². The summed E-state index contributed by atoms with van der Waals surface area (Å²) in [4.78, 5) is 21.6. The van der Waals surface area contributed by atoms with E-state index < -0.39 is 21.6 Å². The minimum atomic E-state index is -3.38.